The molecule has 4 nitrogen and oxygen atoms in total. The Morgan fingerprint density at radius 1 is 1.30 bits per heavy atom. The van der Waals surface area contributed by atoms with Gasteiger partial charge in [0.1, 0.15) is 9.84 Å². The zero-order valence-electron chi connectivity index (χ0n) is 12.0. The highest BCUT2D eigenvalue weighted by atomic mass is 32.2. The van der Waals surface area contributed by atoms with E-state index >= 15 is 0 Å². The van der Waals surface area contributed by atoms with Gasteiger partial charge in [0.15, 0.2) is 0 Å². The Balaban J connectivity index is 2.20. The summed E-state index contributed by atoms with van der Waals surface area (Å²) in [6, 6.07) is 8.43. The van der Waals surface area contributed by atoms with E-state index in [1.54, 1.807) is 0 Å². The predicted molar refractivity (Wildman–Crippen MR) is 83.6 cm³/mol. The van der Waals surface area contributed by atoms with Crippen molar-refractivity contribution in [3.8, 4) is 0 Å². The Morgan fingerprint density at radius 2 is 2.05 bits per heavy atom. The predicted octanol–water partition coefficient (Wildman–Crippen LogP) is 1.97. The number of aryl methyl sites for hydroxylation is 1. The average Bonchev–Trinajstić information content (AvgIpc) is 2.71. The quantitative estimate of drug-likeness (QED) is 0.886. The molecule has 0 radical (unpaired) electrons. The standard InChI is InChI=1S/C15H22N2O2S/c1-12(16)11-13-5-3-6-15-14(13)7-9-17(15)8-4-10-20(2,18)19/h3,5-7,9,12H,4,8,10-11,16H2,1-2H3. The minimum Gasteiger partial charge on any atom is -0.347 e. The van der Waals surface area contributed by atoms with Crippen LogP contribution in [0.3, 0.4) is 0 Å². The zero-order valence-corrected chi connectivity index (χ0v) is 12.9. The summed E-state index contributed by atoms with van der Waals surface area (Å²) in [7, 11) is -2.88. The molecule has 0 aliphatic heterocycles. The van der Waals surface area contributed by atoms with Gasteiger partial charge in [-0.2, -0.15) is 0 Å². The van der Waals surface area contributed by atoms with Crippen LogP contribution in [0.15, 0.2) is 30.5 Å². The van der Waals surface area contributed by atoms with E-state index in [0.717, 1.165) is 18.5 Å². The van der Waals surface area contributed by atoms with E-state index < -0.39 is 9.84 Å². The molecule has 0 saturated carbocycles. The SMILES string of the molecule is CC(N)Cc1cccc2c1ccn2CCCS(C)(=O)=O. The van der Waals surface area contributed by atoms with Crippen molar-refractivity contribution >= 4 is 20.7 Å². The molecule has 110 valence electrons. The minimum absolute atomic E-state index is 0.134. The Kier molecular flexibility index (Phi) is 4.50. The minimum atomic E-state index is -2.88. The molecule has 2 N–H and O–H groups in total. The Labute approximate surface area is 120 Å². The number of fused-ring (bicyclic) bond motifs is 1. The first-order valence-electron chi connectivity index (χ1n) is 6.87. The molecule has 1 aromatic carbocycles. The number of benzene rings is 1. The lowest BCUT2D eigenvalue weighted by Crippen LogP contribution is -2.17. The Hall–Kier alpha value is -1.33. The lowest BCUT2D eigenvalue weighted by molar-refractivity contribution is 0.593. The molecule has 0 fully saturated rings. The Bertz CT molecular complexity index is 687. The highest BCUT2D eigenvalue weighted by molar-refractivity contribution is 7.90. The molecule has 1 unspecified atom stereocenters. The molecule has 20 heavy (non-hydrogen) atoms. The highest BCUT2D eigenvalue weighted by Crippen LogP contribution is 2.21. The molecule has 0 aliphatic rings. The maximum absolute atomic E-state index is 11.2. The van der Waals surface area contributed by atoms with Gasteiger partial charge in [0.25, 0.3) is 0 Å². The van der Waals surface area contributed by atoms with E-state index in [1.165, 1.54) is 17.2 Å². The molecule has 0 aliphatic carbocycles. The van der Waals surface area contributed by atoms with Crippen LogP contribution >= 0.6 is 0 Å². The van der Waals surface area contributed by atoms with Crippen LogP contribution in [0.4, 0.5) is 0 Å². The second-order valence-electron chi connectivity index (χ2n) is 5.52. The molecule has 1 atom stereocenters. The van der Waals surface area contributed by atoms with Gasteiger partial charge >= 0.3 is 0 Å². The fourth-order valence-corrected chi connectivity index (χ4v) is 3.16. The number of hydrogen-bond donors (Lipinski definition) is 1. The molecule has 5 heteroatoms. The second kappa shape index (κ2) is 5.97. The van der Waals surface area contributed by atoms with Crippen molar-refractivity contribution in [1.29, 1.82) is 0 Å². The van der Waals surface area contributed by atoms with E-state index in [0.29, 0.717) is 6.42 Å². The maximum Gasteiger partial charge on any atom is 0.147 e. The molecule has 0 bridgehead atoms. The van der Waals surface area contributed by atoms with Crippen molar-refractivity contribution in [3.05, 3.63) is 36.0 Å². The van der Waals surface area contributed by atoms with E-state index in [-0.39, 0.29) is 11.8 Å². The average molecular weight is 294 g/mol. The molecule has 2 rings (SSSR count). The Morgan fingerprint density at radius 3 is 2.70 bits per heavy atom. The third-order valence-corrected chi connectivity index (χ3v) is 4.39. The van der Waals surface area contributed by atoms with Gasteiger partial charge in [-0.05, 0) is 37.5 Å². The monoisotopic (exact) mass is 294 g/mol. The summed E-state index contributed by atoms with van der Waals surface area (Å²) in [5.41, 5.74) is 8.28. The van der Waals surface area contributed by atoms with Crippen LogP contribution in [0.5, 0.6) is 0 Å². The first-order valence-corrected chi connectivity index (χ1v) is 8.93. The van der Waals surface area contributed by atoms with Gasteiger partial charge < -0.3 is 10.3 Å². The number of nitrogens with zero attached hydrogens (tertiary/aromatic N) is 1. The van der Waals surface area contributed by atoms with Gasteiger partial charge in [0.2, 0.25) is 0 Å². The van der Waals surface area contributed by atoms with E-state index in [4.69, 9.17) is 5.73 Å². The fourth-order valence-electron chi connectivity index (χ4n) is 2.50. The third kappa shape index (κ3) is 3.84. The van der Waals surface area contributed by atoms with Crippen molar-refractivity contribution in [3.63, 3.8) is 0 Å². The normalized spacial score (nSPS) is 13.8. The fraction of sp³-hybridized carbons (Fsp3) is 0.467. The molecular weight excluding hydrogens is 272 g/mol. The summed E-state index contributed by atoms with van der Waals surface area (Å²) < 4.78 is 24.5. The van der Waals surface area contributed by atoms with Crippen LogP contribution < -0.4 is 5.73 Å². The lowest BCUT2D eigenvalue weighted by atomic mass is 10.0. The van der Waals surface area contributed by atoms with Crippen LogP contribution in [0.1, 0.15) is 18.9 Å². The van der Waals surface area contributed by atoms with Crippen molar-refractivity contribution in [2.24, 2.45) is 5.73 Å². The second-order valence-corrected chi connectivity index (χ2v) is 7.78. The van der Waals surface area contributed by atoms with Gasteiger partial charge in [-0.15, -0.1) is 0 Å². The number of aromatic nitrogens is 1. The first kappa shape index (κ1) is 15.1. The summed E-state index contributed by atoms with van der Waals surface area (Å²) in [6.45, 7) is 2.72. The van der Waals surface area contributed by atoms with Crippen LogP contribution in [0.25, 0.3) is 10.9 Å². The molecule has 1 heterocycles. The summed E-state index contributed by atoms with van der Waals surface area (Å²) in [4.78, 5) is 0. The third-order valence-electron chi connectivity index (χ3n) is 3.36. The van der Waals surface area contributed by atoms with Crippen molar-refractivity contribution in [1.82, 2.24) is 4.57 Å². The van der Waals surface area contributed by atoms with Crippen LogP contribution in [-0.4, -0.2) is 31.0 Å². The van der Waals surface area contributed by atoms with Crippen LogP contribution in [-0.2, 0) is 22.8 Å². The van der Waals surface area contributed by atoms with E-state index in [9.17, 15) is 8.42 Å². The maximum atomic E-state index is 11.2. The van der Waals surface area contributed by atoms with Crippen molar-refractivity contribution in [2.75, 3.05) is 12.0 Å². The van der Waals surface area contributed by atoms with Gasteiger partial charge in [-0.1, -0.05) is 12.1 Å². The summed E-state index contributed by atoms with van der Waals surface area (Å²) >= 11 is 0. The lowest BCUT2D eigenvalue weighted by Gasteiger charge is -2.09. The van der Waals surface area contributed by atoms with Crippen LogP contribution in [0, 0.1) is 0 Å². The first-order chi connectivity index (χ1) is 9.37. The number of rotatable bonds is 6. The molecular formula is C15H22N2O2S. The van der Waals surface area contributed by atoms with E-state index in [2.05, 4.69) is 22.8 Å². The number of sulfone groups is 1. The molecule has 1 aromatic heterocycles. The van der Waals surface area contributed by atoms with Crippen molar-refractivity contribution in [2.45, 2.75) is 32.4 Å². The summed E-state index contributed by atoms with van der Waals surface area (Å²) in [5.74, 6) is 0.228. The van der Waals surface area contributed by atoms with E-state index in [1.807, 2.05) is 19.2 Å². The van der Waals surface area contributed by atoms with Gasteiger partial charge in [-0.25, -0.2) is 8.42 Å². The van der Waals surface area contributed by atoms with Gasteiger partial charge in [0, 0.05) is 35.9 Å². The summed E-state index contributed by atoms with van der Waals surface area (Å²) in [6.07, 6.45) is 4.80. The number of hydrogen-bond acceptors (Lipinski definition) is 3. The van der Waals surface area contributed by atoms with Crippen molar-refractivity contribution < 1.29 is 8.42 Å². The molecule has 2 aromatic rings. The largest absolute Gasteiger partial charge is 0.347 e. The summed E-state index contributed by atoms with van der Waals surface area (Å²) in [5, 5.41) is 1.21. The molecule has 0 saturated heterocycles. The topological polar surface area (TPSA) is 65.1 Å². The highest BCUT2D eigenvalue weighted by Gasteiger charge is 2.08. The molecule has 0 amide bonds. The number of nitrogens with two attached hydrogens (primary N) is 1. The van der Waals surface area contributed by atoms with Crippen LogP contribution in [0.2, 0.25) is 0 Å². The van der Waals surface area contributed by atoms with Gasteiger partial charge in [0.05, 0.1) is 5.75 Å². The zero-order chi connectivity index (χ0) is 14.8. The smallest absolute Gasteiger partial charge is 0.147 e. The molecule has 0 spiro atoms. The van der Waals surface area contributed by atoms with Gasteiger partial charge in [-0.3, -0.25) is 0 Å².